The van der Waals surface area contributed by atoms with E-state index in [1.165, 1.54) is 0 Å². The van der Waals surface area contributed by atoms with Crippen molar-refractivity contribution < 1.29 is 4.21 Å². The standard InChI is InChI=1S/C9H13BrN2O2S/c1-6-8(10)7(2)12(9(13)11-6)4-5-15(3)14/h4-5H2,1-3H3. The smallest absolute Gasteiger partial charge is 0.295 e. The second-order valence-electron chi connectivity index (χ2n) is 3.31. The number of rotatable bonds is 3. The van der Waals surface area contributed by atoms with Crippen LogP contribution in [0.25, 0.3) is 0 Å². The average molecular weight is 293 g/mol. The van der Waals surface area contributed by atoms with Gasteiger partial charge in [-0.25, -0.2) is 4.79 Å². The van der Waals surface area contributed by atoms with E-state index in [0.29, 0.717) is 18.0 Å². The Hall–Kier alpha value is -0.490. The van der Waals surface area contributed by atoms with Crippen molar-refractivity contribution in [1.82, 2.24) is 9.55 Å². The van der Waals surface area contributed by atoms with Crippen molar-refractivity contribution >= 4 is 26.7 Å². The summed E-state index contributed by atoms with van der Waals surface area (Å²) in [6.07, 6.45) is 1.62. The monoisotopic (exact) mass is 292 g/mol. The molecule has 1 aromatic heterocycles. The van der Waals surface area contributed by atoms with Gasteiger partial charge in [0.15, 0.2) is 0 Å². The first-order valence-corrected chi connectivity index (χ1v) is 6.99. The summed E-state index contributed by atoms with van der Waals surface area (Å²) in [5.74, 6) is 0.470. The molecule has 0 N–H and O–H groups in total. The molecule has 0 bridgehead atoms. The van der Waals surface area contributed by atoms with Crippen molar-refractivity contribution in [2.45, 2.75) is 20.4 Å². The second kappa shape index (κ2) is 5.03. The summed E-state index contributed by atoms with van der Waals surface area (Å²) < 4.78 is 13.3. The molecule has 0 fully saturated rings. The highest BCUT2D eigenvalue weighted by Gasteiger charge is 2.08. The molecule has 1 rings (SSSR count). The van der Waals surface area contributed by atoms with Crippen LogP contribution in [0.5, 0.6) is 0 Å². The van der Waals surface area contributed by atoms with Gasteiger partial charge in [-0.1, -0.05) is 0 Å². The molecule has 1 heterocycles. The minimum absolute atomic E-state index is 0.279. The minimum Gasteiger partial charge on any atom is -0.295 e. The molecule has 1 unspecified atom stereocenters. The van der Waals surface area contributed by atoms with Crippen molar-refractivity contribution in [1.29, 1.82) is 0 Å². The largest absolute Gasteiger partial charge is 0.348 e. The van der Waals surface area contributed by atoms with Crippen molar-refractivity contribution in [3.8, 4) is 0 Å². The molecule has 0 radical (unpaired) electrons. The molecule has 15 heavy (non-hydrogen) atoms. The summed E-state index contributed by atoms with van der Waals surface area (Å²) in [5.41, 5.74) is 1.24. The number of aromatic nitrogens is 2. The van der Waals surface area contributed by atoms with Crippen LogP contribution >= 0.6 is 15.9 Å². The predicted molar refractivity (Wildman–Crippen MR) is 64.6 cm³/mol. The van der Waals surface area contributed by atoms with Gasteiger partial charge in [-0.3, -0.25) is 8.78 Å². The topological polar surface area (TPSA) is 52.0 Å². The first-order chi connectivity index (χ1) is 6.93. The first kappa shape index (κ1) is 12.6. The summed E-state index contributed by atoms with van der Waals surface area (Å²) in [7, 11) is -0.897. The van der Waals surface area contributed by atoms with Gasteiger partial charge < -0.3 is 0 Å². The molecule has 0 spiro atoms. The van der Waals surface area contributed by atoms with Gasteiger partial charge in [0, 0.05) is 35.0 Å². The average Bonchev–Trinajstić information content (AvgIpc) is 2.14. The van der Waals surface area contributed by atoms with Crippen LogP contribution in [-0.2, 0) is 17.3 Å². The number of nitrogens with zero attached hydrogens (tertiary/aromatic N) is 2. The van der Waals surface area contributed by atoms with Gasteiger partial charge in [-0.2, -0.15) is 4.98 Å². The van der Waals surface area contributed by atoms with Crippen LogP contribution in [0.2, 0.25) is 0 Å². The van der Waals surface area contributed by atoms with E-state index in [1.54, 1.807) is 17.7 Å². The second-order valence-corrected chi connectivity index (χ2v) is 5.66. The lowest BCUT2D eigenvalue weighted by Crippen LogP contribution is -2.28. The zero-order chi connectivity index (χ0) is 11.6. The Morgan fingerprint density at radius 3 is 2.60 bits per heavy atom. The Labute approximate surface area is 99.3 Å². The Balaban J connectivity index is 3.13. The van der Waals surface area contributed by atoms with Gasteiger partial charge in [-0.05, 0) is 29.8 Å². The van der Waals surface area contributed by atoms with Crippen molar-refractivity contribution in [3.05, 3.63) is 26.3 Å². The van der Waals surface area contributed by atoms with E-state index in [0.717, 1.165) is 10.2 Å². The molecule has 0 amide bonds. The lowest BCUT2D eigenvalue weighted by Gasteiger charge is -2.10. The Morgan fingerprint density at radius 1 is 1.47 bits per heavy atom. The quantitative estimate of drug-likeness (QED) is 0.835. The summed E-state index contributed by atoms with van der Waals surface area (Å²) in [6.45, 7) is 4.07. The molecular weight excluding hydrogens is 280 g/mol. The highest BCUT2D eigenvalue weighted by molar-refractivity contribution is 9.10. The molecule has 0 aromatic carbocycles. The number of hydrogen-bond acceptors (Lipinski definition) is 3. The fraction of sp³-hybridized carbons (Fsp3) is 0.556. The van der Waals surface area contributed by atoms with E-state index < -0.39 is 10.8 Å². The zero-order valence-corrected chi connectivity index (χ0v) is 11.3. The maximum Gasteiger partial charge on any atom is 0.348 e. The van der Waals surface area contributed by atoms with E-state index >= 15 is 0 Å². The van der Waals surface area contributed by atoms with E-state index in [1.807, 2.05) is 6.92 Å². The van der Waals surface area contributed by atoms with E-state index in [9.17, 15) is 9.00 Å². The third-order valence-electron chi connectivity index (χ3n) is 2.14. The summed E-state index contributed by atoms with van der Waals surface area (Å²) in [6, 6.07) is 0. The molecule has 0 aliphatic heterocycles. The van der Waals surface area contributed by atoms with Crippen molar-refractivity contribution in [2.75, 3.05) is 12.0 Å². The van der Waals surface area contributed by atoms with E-state index in [4.69, 9.17) is 0 Å². The maximum atomic E-state index is 11.6. The summed E-state index contributed by atoms with van der Waals surface area (Å²) in [5, 5.41) is 0. The van der Waals surface area contributed by atoms with Crippen LogP contribution in [0.4, 0.5) is 0 Å². The van der Waals surface area contributed by atoms with E-state index in [-0.39, 0.29) is 5.69 Å². The molecule has 6 heteroatoms. The molecule has 1 atom stereocenters. The fourth-order valence-electron chi connectivity index (χ4n) is 1.26. The van der Waals surface area contributed by atoms with Crippen LogP contribution in [0.1, 0.15) is 11.4 Å². The van der Waals surface area contributed by atoms with Gasteiger partial charge >= 0.3 is 5.69 Å². The summed E-state index contributed by atoms with van der Waals surface area (Å²) >= 11 is 3.37. The molecule has 84 valence electrons. The Kier molecular flexibility index (Phi) is 4.21. The van der Waals surface area contributed by atoms with Crippen LogP contribution in [0.15, 0.2) is 9.27 Å². The Bertz CT molecular complexity index is 456. The summed E-state index contributed by atoms with van der Waals surface area (Å²) in [4.78, 5) is 15.4. The first-order valence-electron chi connectivity index (χ1n) is 4.47. The minimum atomic E-state index is -0.897. The van der Waals surface area contributed by atoms with Crippen molar-refractivity contribution in [2.24, 2.45) is 0 Å². The van der Waals surface area contributed by atoms with Crippen LogP contribution < -0.4 is 5.69 Å². The molecule has 4 nitrogen and oxygen atoms in total. The fourth-order valence-corrected chi connectivity index (χ4v) is 2.00. The highest BCUT2D eigenvalue weighted by Crippen LogP contribution is 2.16. The molecule has 0 aliphatic carbocycles. The maximum absolute atomic E-state index is 11.6. The van der Waals surface area contributed by atoms with Gasteiger partial charge in [0.2, 0.25) is 0 Å². The predicted octanol–water partition coefficient (Wildman–Crippen LogP) is 1.00. The van der Waals surface area contributed by atoms with Gasteiger partial charge in [0.1, 0.15) is 0 Å². The molecule has 0 aliphatic rings. The van der Waals surface area contributed by atoms with Gasteiger partial charge in [0.05, 0.1) is 10.2 Å². The van der Waals surface area contributed by atoms with Crippen molar-refractivity contribution in [3.63, 3.8) is 0 Å². The molecule has 0 saturated carbocycles. The normalized spacial score (nSPS) is 12.8. The van der Waals surface area contributed by atoms with Gasteiger partial charge in [0.25, 0.3) is 0 Å². The number of halogens is 1. The molecule has 1 aromatic rings. The SMILES string of the molecule is Cc1nc(=O)n(CCS(C)=O)c(C)c1Br. The zero-order valence-electron chi connectivity index (χ0n) is 8.91. The van der Waals surface area contributed by atoms with Crippen LogP contribution in [0, 0.1) is 13.8 Å². The number of hydrogen-bond donors (Lipinski definition) is 0. The molecule has 0 saturated heterocycles. The lowest BCUT2D eigenvalue weighted by molar-refractivity contribution is 0.650. The van der Waals surface area contributed by atoms with Gasteiger partial charge in [-0.15, -0.1) is 0 Å². The molecular formula is C9H13BrN2O2S. The van der Waals surface area contributed by atoms with Crippen LogP contribution in [0.3, 0.4) is 0 Å². The Morgan fingerprint density at radius 2 is 2.07 bits per heavy atom. The number of aryl methyl sites for hydroxylation is 1. The highest BCUT2D eigenvalue weighted by atomic mass is 79.9. The van der Waals surface area contributed by atoms with Crippen LogP contribution in [-0.4, -0.2) is 25.8 Å². The third kappa shape index (κ3) is 2.98. The third-order valence-corrected chi connectivity index (χ3v) is 4.04. The lowest BCUT2D eigenvalue weighted by atomic mass is 10.3. The van der Waals surface area contributed by atoms with E-state index in [2.05, 4.69) is 20.9 Å².